The monoisotopic (exact) mass is 354 g/mol. The summed E-state index contributed by atoms with van der Waals surface area (Å²) in [5.41, 5.74) is 1.87. The second kappa shape index (κ2) is 9.13. The molecule has 3 rings (SSSR count). The molecule has 1 amide bonds. The van der Waals surface area contributed by atoms with Crippen molar-refractivity contribution in [1.82, 2.24) is 5.32 Å². The zero-order chi connectivity index (χ0) is 18.2. The molecule has 0 unspecified atom stereocenters. The number of amides is 1. The molecule has 1 saturated heterocycles. The van der Waals surface area contributed by atoms with E-state index in [1.807, 2.05) is 48.5 Å². The van der Waals surface area contributed by atoms with Gasteiger partial charge < -0.3 is 19.7 Å². The molecule has 1 heterocycles. The van der Waals surface area contributed by atoms with Gasteiger partial charge in [-0.1, -0.05) is 6.07 Å². The predicted octanol–water partition coefficient (Wildman–Crippen LogP) is 3.49. The zero-order valence-corrected chi connectivity index (χ0v) is 15.2. The molecule has 26 heavy (non-hydrogen) atoms. The molecule has 2 aromatic carbocycles. The van der Waals surface area contributed by atoms with Gasteiger partial charge in [-0.15, -0.1) is 0 Å². The van der Waals surface area contributed by atoms with Crippen molar-refractivity contribution in [3.63, 3.8) is 0 Å². The van der Waals surface area contributed by atoms with E-state index in [2.05, 4.69) is 10.2 Å². The average molecular weight is 354 g/mol. The van der Waals surface area contributed by atoms with Gasteiger partial charge in [-0.3, -0.25) is 4.79 Å². The molecule has 0 aromatic heterocycles. The molecule has 1 N–H and O–H groups in total. The summed E-state index contributed by atoms with van der Waals surface area (Å²) in [7, 11) is 1.62. The van der Waals surface area contributed by atoms with Gasteiger partial charge in [0, 0.05) is 30.4 Å². The van der Waals surface area contributed by atoms with Crippen LogP contribution in [0.25, 0.3) is 0 Å². The molecule has 0 radical (unpaired) electrons. The van der Waals surface area contributed by atoms with Gasteiger partial charge in [-0.25, -0.2) is 0 Å². The maximum absolute atomic E-state index is 12.2. The molecule has 2 aromatic rings. The minimum Gasteiger partial charge on any atom is -0.497 e. The first-order valence-electron chi connectivity index (χ1n) is 9.16. The molecule has 138 valence electrons. The Morgan fingerprint density at radius 3 is 2.50 bits per heavy atom. The van der Waals surface area contributed by atoms with E-state index in [0.717, 1.165) is 24.6 Å². The molecule has 0 spiro atoms. The minimum atomic E-state index is -0.0792. The molecule has 5 nitrogen and oxygen atoms in total. The van der Waals surface area contributed by atoms with Crippen LogP contribution in [0.1, 0.15) is 29.6 Å². The number of anilines is 1. The number of ether oxygens (including phenoxy) is 2. The van der Waals surface area contributed by atoms with Crippen LogP contribution in [-0.4, -0.2) is 39.3 Å². The standard InChI is InChI=1S/C21H26N2O3/c1-25-19-6-5-7-20(16-19)26-15-12-22-21(24)17-8-10-18(11-9-17)23-13-3-2-4-14-23/h5-11,16H,2-4,12-15H2,1H3,(H,22,24). The molecule has 0 saturated carbocycles. The number of rotatable bonds is 7. The van der Waals surface area contributed by atoms with Crippen molar-refractivity contribution in [2.45, 2.75) is 19.3 Å². The molecule has 5 heteroatoms. The van der Waals surface area contributed by atoms with Crippen molar-refractivity contribution in [3.05, 3.63) is 54.1 Å². The van der Waals surface area contributed by atoms with Gasteiger partial charge in [0.1, 0.15) is 18.1 Å². The van der Waals surface area contributed by atoms with Gasteiger partial charge in [0.2, 0.25) is 0 Å². The summed E-state index contributed by atoms with van der Waals surface area (Å²) < 4.78 is 10.8. The van der Waals surface area contributed by atoms with Crippen LogP contribution in [0.3, 0.4) is 0 Å². The summed E-state index contributed by atoms with van der Waals surface area (Å²) in [5.74, 6) is 1.40. The summed E-state index contributed by atoms with van der Waals surface area (Å²) in [5, 5.41) is 2.89. The topological polar surface area (TPSA) is 50.8 Å². The van der Waals surface area contributed by atoms with Gasteiger partial charge in [-0.05, 0) is 55.7 Å². The molecule has 1 aliphatic heterocycles. The SMILES string of the molecule is COc1cccc(OCCNC(=O)c2ccc(N3CCCCC3)cc2)c1. The smallest absolute Gasteiger partial charge is 0.251 e. The third-order valence-corrected chi connectivity index (χ3v) is 4.55. The van der Waals surface area contributed by atoms with Crippen molar-refractivity contribution >= 4 is 11.6 Å². The van der Waals surface area contributed by atoms with Gasteiger partial charge in [0.25, 0.3) is 5.91 Å². The fourth-order valence-corrected chi connectivity index (χ4v) is 3.10. The average Bonchev–Trinajstić information content (AvgIpc) is 2.72. The second-order valence-corrected chi connectivity index (χ2v) is 6.38. The van der Waals surface area contributed by atoms with Crippen LogP contribution in [0.4, 0.5) is 5.69 Å². The molecule has 0 aliphatic carbocycles. The molecular weight excluding hydrogens is 328 g/mol. The van der Waals surface area contributed by atoms with Crippen molar-refractivity contribution in [2.75, 3.05) is 38.3 Å². The molecule has 1 fully saturated rings. The number of carbonyl (C=O) groups excluding carboxylic acids is 1. The minimum absolute atomic E-state index is 0.0792. The quantitative estimate of drug-likeness (QED) is 0.773. The highest BCUT2D eigenvalue weighted by molar-refractivity contribution is 5.94. The number of nitrogens with one attached hydrogen (secondary N) is 1. The van der Waals surface area contributed by atoms with E-state index in [1.165, 1.54) is 24.9 Å². The van der Waals surface area contributed by atoms with Gasteiger partial charge in [0.15, 0.2) is 0 Å². The lowest BCUT2D eigenvalue weighted by Gasteiger charge is -2.28. The van der Waals surface area contributed by atoms with Gasteiger partial charge in [-0.2, -0.15) is 0 Å². The lowest BCUT2D eigenvalue weighted by atomic mass is 10.1. The van der Waals surface area contributed by atoms with Crippen LogP contribution < -0.4 is 19.7 Å². The maximum atomic E-state index is 12.2. The Bertz CT molecular complexity index is 709. The highest BCUT2D eigenvalue weighted by Gasteiger charge is 2.11. The number of hydrogen-bond donors (Lipinski definition) is 1. The largest absolute Gasteiger partial charge is 0.497 e. The van der Waals surface area contributed by atoms with Crippen molar-refractivity contribution in [1.29, 1.82) is 0 Å². The first kappa shape index (κ1) is 18.1. The number of benzene rings is 2. The predicted molar refractivity (Wildman–Crippen MR) is 103 cm³/mol. The van der Waals surface area contributed by atoms with E-state index in [-0.39, 0.29) is 5.91 Å². The van der Waals surface area contributed by atoms with Crippen LogP contribution in [0.15, 0.2) is 48.5 Å². The normalized spacial score (nSPS) is 14.0. The lowest BCUT2D eigenvalue weighted by molar-refractivity contribution is 0.0947. The van der Waals surface area contributed by atoms with Crippen LogP contribution in [0.5, 0.6) is 11.5 Å². The fourth-order valence-electron chi connectivity index (χ4n) is 3.10. The zero-order valence-electron chi connectivity index (χ0n) is 15.2. The number of nitrogens with zero attached hydrogens (tertiary/aromatic N) is 1. The summed E-state index contributed by atoms with van der Waals surface area (Å²) in [4.78, 5) is 14.6. The van der Waals surface area contributed by atoms with E-state index in [9.17, 15) is 4.79 Å². The number of piperidine rings is 1. The van der Waals surface area contributed by atoms with E-state index < -0.39 is 0 Å². The summed E-state index contributed by atoms with van der Waals surface area (Å²) >= 11 is 0. The number of methoxy groups -OCH3 is 1. The summed E-state index contributed by atoms with van der Waals surface area (Å²) in [6.45, 7) is 3.06. The van der Waals surface area contributed by atoms with Crippen LogP contribution in [0, 0.1) is 0 Å². The van der Waals surface area contributed by atoms with Crippen molar-refractivity contribution < 1.29 is 14.3 Å². The third kappa shape index (κ3) is 4.91. The molecule has 0 atom stereocenters. The Balaban J connectivity index is 1.44. The molecule has 0 bridgehead atoms. The Hall–Kier alpha value is -2.69. The first-order chi connectivity index (χ1) is 12.8. The van der Waals surface area contributed by atoms with E-state index in [4.69, 9.17) is 9.47 Å². The summed E-state index contributed by atoms with van der Waals surface area (Å²) in [6.07, 6.45) is 3.81. The van der Waals surface area contributed by atoms with E-state index in [0.29, 0.717) is 18.7 Å². The Morgan fingerprint density at radius 2 is 1.77 bits per heavy atom. The van der Waals surface area contributed by atoms with Gasteiger partial charge in [0.05, 0.1) is 13.7 Å². The van der Waals surface area contributed by atoms with Crippen LogP contribution in [-0.2, 0) is 0 Å². The lowest BCUT2D eigenvalue weighted by Crippen LogP contribution is -2.30. The Morgan fingerprint density at radius 1 is 1.04 bits per heavy atom. The van der Waals surface area contributed by atoms with E-state index >= 15 is 0 Å². The van der Waals surface area contributed by atoms with Crippen LogP contribution in [0.2, 0.25) is 0 Å². The van der Waals surface area contributed by atoms with Crippen LogP contribution >= 0.6 is 0 Å². The third-order valence-electron chi connectivity index (χ3n) is 4.55. The Kier molecular flexibility index (Phi) is 6.36. The molecule has 1 aliphatic rings. The van der Waals surface area contributed by atoms with E-state index in [1.54, 1.807) is 7.11 Å². The highest BCUT2D eigenvalue weighted by atomic mass is 16.5. The number of carbonyl (C=O) groups is 1. The second-order valence-electron chi connectivity index (χ2n) is 6.38. The maximum Gasteiger partial charge on any atom is 0.251 e. The fraction of sp³-hybridized carbons (Fsp3) is 0.381. The first-order valence-corrected chi connectivity index (χ1v) is 9.16. The van der Waals surface area contributed by atoms with Crippen molar-refractivity contribution in [2.24, 2.45) is 0 Å². The van der Waals surface area contributed by atoms with Crippen molar-refractivity contribution in [3.8, 4) is 11.5 Å². The molecular formula is C21H26N2O3. The summed E-state index contributed by atoms with van der Waals surface area (Å²) in [6, 6.07) is 15.3. The Labute approximate surface area is 154 Å². The van der Waals surface area contributed by atoms with Gasteiger partial charge >= 0.3 is 0 Å². The highest BCUT2D eigenvalue weighted by Crippen LogP contribution is 2.20. The number of hydrogen-bond acceptors (Lipinski definition) is 4.